The fraction of sp³-hybridized carbons (Fsp3) is 0.167. The molecule has 0 N–H and O–H groups in total. The monoisotopic (exact) mass is 490 g/mol. The van der Waals surface area contributed by atoms with E-state index in [2.05, 4.69) is 134 Å². The second kappa shape index (κ2) is 7.39. The maximum absolute atomic E-state index is 2.45. The number of benzene rings is 5. The van der Waals surface area contributed by atoms with E-state index in [-0.39, 0.29) is 5.41 Å². The standard InChI is InChI=1S/C36H30N2/c1-36(2)29-11-7-5-9-24(29)26-15-18-33-34(35(26)36)28-21-23(14-17-32(28)38(33)4)19-22-13-16-31-27(20-22)25-10-6-8-12-30(25)37(31)3/h5-18,20-21H,19H2,1-4H3. The lowest BCUT2D eigenvalue weighted by atomic mass is 9.80. The van der Waals surface area contributed by atoms with E-state index < -0.39 is 0 Å². The van der Waals surface area contributed by atoms with Crippen LogP contribution in [0.4, 0.5) is 0 Å². The van der Waals surface area contributed by atoms with Crippen molar-refractivity contribution in [1.29, 1.82) is 0 Å². The summed E-state index contributed by atoms with van der Waals surface area (Å²) in [4.78, 5) is 0. The summed E-state index contributed by atoms with van der Waals surface area (Å²) in [7, 11) is 4.37. The molecule has 38 heavy (non-hydrogen) atoms. The highest BCUT2D eigenvalue weighted by Crippen LogP contribution is 2.52. The van der Waals surface area contributed by atoms with Crippen molar-refractivity contribution in [2.24, 2.45) is 14.1 Å². The summed E-state index contributed by atoms with van der Waals surface area (Å²) in [6, 6.07) is 36.4. The molecule has 0 amide bonds. The molecule has 2 aromatic heterocycles. The predicted octanol–water partition coefficient (Wildman–Crippen LogP) is 8.87. The van der Waals surface area contributed by atoms with Crippen LogP contribution in [-0.4, -0.2) is 9.13 Å². The summed E-state index contributed by atoms with van der Waals surface area (Å²) in [5.41, 5.74) is 13.5. The Hall–Kier alpha value is -4.30. The van der Waals surface area contributed by atoms with Crippen LogP contribution in [0.1, 0.15) is 36.1 Å². The Balaban J connectivity index is 1.31. The van der Waals surface area contributed by atoms with E-state index in [1.165, 1.54) is 77.0 Å². The van der Waals surface area contributed by atoms with Crippen LogP contribution in [0.15, 0.2) is 97.1 Å². The third-order valence-electron chi connectivity index (χ3n) is 9.14. The van der Waals surface area contributed by atoms with Crippen LogP contribution in [-0.2, 0) is 25.9 Å². The lowest BCUT2D eigenvalue weighted by Crippen LogP contribution is -2.15. The van der Waals surface area contributed by atoms with Crippen LogP contribution >= 0.6 is 0 Å². The molecule has 2 heteroatoms. The molecule has 1 aliphatic rings. The van der Waals surface area contributed by atoms with E-state index in [1.54, 1.807) is 0 Å². The molecule has 0 unspecified atom stereocenters. The van der Waals surface area contributed by atoms with Crippen molar-refractivity contribution in [2.45, 2.75) is 25.7 Å². The van der Waals surface area contributed by atoms with Gasteiger partial charge in [-0.3, -0.25) is 0 Å². The van der Waals surface area contributed by atoms with Crippen LogP contribution in [0.5, 0.6) is 0 Å². The average molecular weight is 491 g/mol. The molecular weight excluding hydrogens is 460 g/mol. The third-order valence-corrected chi connectivity index (χ3v) is 9.14. The van der Waals surface area contributed by atoms with Crippen molar-refractivity contribution in [3.05, 3.63) is 119 Å². The van der Waals surface area contributed by atoms with Gasteiger partial charge in [0, 0.05) is 63.1 Å². The van der Waals surface area contributed by atoms with Gasteiger partial charge in [0.05, 0.1) is 0 Å². The van der Waals surface area contributed by atoms with E-state index in [9.17, 15) is 0 Å². The smallest absolute Gasteiger partial charge is 0.0492 e. The number of para-hydroxylation sites is 1. The highest BCUT2D eigenvalue weighted by atomic mass is 14.9. The molecule has 0 atom stereocenters. The van der Waals surface area contributed by atoms with Gasteiger partial charge in [0.15, 0.2) is 0 Å². The van der Waals surface area contributed by atoms with Gasteiger partial charge in [-0.2, -0.15) is 0 Å². The second-order valence-electron chi connectivity index (χ2n) is 11.6. The van der Waals surface area contributed by atoms with Gasteiger partial charge >= 0.3 is 0 Å². The summed E-state index contributed by atoms with van der Waals surface area (Å²) in [5, 5.41) is 5.44. The first kappa shape index (κ1) is 21.8. The summed E-state index contributed by atoms with van der Waals surface area (Å²) < 4.78 is 4.67. The molecule has 184 valence electrons. The lowest BCUT2D eigenvalue weighted by Gasteiger charge is -2.22. The van der Waals surface area contributed by atoms with Gasteiger partial charge in [-0.15, -0.1) is 0 Å². The number of rotatable bonds is 2. The van der Waals surface area contributed by atoms with Crippen LogP contribution in [0.3, 0.4) is 0 Å². The second-order valence-corrected chi connectivity index (χ2v) is 11.6. The van der Waals surface area contributed by atoms with E-state index in [4.69, 9.17) is 0 Å². The van der Waals surface area contributed by atoms with E-state index in [0.29, 0.717) is 0 Å². The summed E-state index contributed by atoms with van der Waals surface area (Å²) in [6.07, 6.45) is 0.921. The molecule has 8 rings (SSSR count). The lowest BCUT2D eigenvalue weighted by molar-refractivity contribution is 0.666. The van der Waals surface area contributed by atoms with Crippen molar-refractivity contribution in [1.82, 2.24) is 9.13 Å². The quantitative estimate of drug-likeness (QED) is 0.229. The minimum absolute atomic E-state index is 0.0326. The van der Waals surface area contributed by atoms with Crippen molar-refractivity contribution in [2.75, 3.05) is 0 Å². The minimum atomic E-state index is -0.0326. The Morgan fingerprint density at radius 1 is 0.553 bits per heavy atom. The molecular formula is C36H30N2. The third kappa shape index (κ3) is 2.73. The number of fused-ring (bicyclic) bond motifs is 10. The van der Waals surface area contributed by atoms with E-state index in [0.717, 1.165) is 6.42 Å². The normalized spacial score (nSPS) is 14.1. The highest BCUT2D eigenvalue weighted by molar-refractivity contribution is 6.13. The fourth-order valence-electron chi connectivity index (χ4n) is 7.29. The molecule has 2 nitrogen and oxygen atoms in total. The summed E-state index contributed by atoms with van der Waals surface area (Å²) in [6.45, 7) is 4.78. The number of hydrogen-bond acceptors (Lipinski definition) is 0. The molecule has 2 heterocycles. The molecule has 0 saturated heterocycles. The predicted molar refractivity (Wildman–Crippen MR) is 161 cm³/mol. The maximum Gasteiger partial charge on any atom is 0.0492 e. The van der Waals surface area contributed by atoms with Crippen molar-refractivity contribution in [3.63, 3.8) is 0 Å². The SMILES string of the molecule is Cn1c2ccccc2c2cc(Cc3ccc4c(c3)c3c5c(ccc3n4C)-c3ccccc3C5(C)C)ccc21. The van der Waals surface area contributed by atoms with Crippen LogP contribution < -0.4 is 0 Å². The van der Waals surface area contributed by atoms with Gasteiger partial charge in [0.25, 0.3) is 0 Å². The number of aryl methyl sites for hydroxylation is 2. The molecule has 7 aromatic rings. The Morgan fingerprint density at radius 2 is 1.16 bits per heavy atom. The Morgan fingerprint density at radius 3 is 1.97 bits per heavy atom. The van der Waals surface area contributed by atoms with Crippen LogP contribution in [0.2, 0.25) is 0 Å². The molecule has 0 bridgehead atoms. The Labute approximate surface area is 222 Å². The number of hydrogen-bond donors (Lipinski definition) is 0. The Kier molecular flexibility index (Phi) is 4.23. The van der Waals surface area contributed by atoms with Gasteiger partial charge in [-0.25, -0.2) is 0 Å². The topological polar surface area (TPSA) is 9.86 Å². The van der Waals surface area contributed by atoms with Crippen LogP contribution in [0.25, 0.3) is 54.7 Å². The Bertz CT molecular complexity index is 2100. The first-order valence-electron chi connectivity index (χ1n) is 13.5. The summed E-state index contributed by atoms with van der Waals surface area (Å²) >= 11 is 0. The zero-order valence-corrected chi connectivity index (χ0v) is 22.3. The van der Waals surface area contributed by atoms with Crippen molar-refractivity contribution < 1.29 is 0 Å². The molecule has 1 aliphatic carbocycles. The molecule has 0 spiro atoms. The minimum Gasteiger partial charge on any atom is -0.344 e. The number of aromatic nitrogens is 2. The van der Waals surface area contributed by atoms with E-state index >= 15 is 0 Å². The molecule has 0 aliphatic heterocycles. The van der Waals surface area contributed by atoms with E-state index in [1.807, 2.05) is 0 Å². The largest absolute Gasteiger partial charge is 0.344 e. The molecule has 0 fully saturated rings. The van der Waals surface area contributed by atoms with Gasteiger partial charge in [-0.1, -0.05) is 74.5 Å². The van der Waals surface area contributed by atoms with Gasteiger partial charge < -0.3 is 9.13 Å². The zero-order chi connectivity index (χ0) is 25.8. The number of nitrogens with zero attached hydrogens (tertiary/aromatic N) is 2. The van der Waals surface area contributed by atoms with Crippen LogP contribution in [0, 0.1) is 0 Å². The summed E-state index contributed by atoms with van der Waals surface area (Å²) in [5.74, 6) is 0. The fourth-order valence-corrected chi connectivity index (χ4v) is 7.29. The highest BCUT2D eigenvalue weighted by Gasteiger charge is 2.37. The molecule has 0 radical (unpaired) electrons. The van der Waals surface area contributed by atoms with Crippen molar-refractivity contribution in [3.8, 4) is 11.1 Å². The van der Waals surface area contributed by atoms with Gasteiger partial charge in [0.2, 0.25) is 0 Å². The average Bonchev–Trinajstić information content (AvgIpc) is 3.48. The maximum atomic E-state index is 2.45. The zero-order valence-electron chi connectivity index (χ0n) is 22.3. The molecule has 0 saturated carbocycles. The van der Waals surface area contributed by atoms with Crippen molar-refractivity contribution >= 4 is 43.6 Å². The van der Waals surface area contributed by atoms with Gasteiger partial charge in [-0.05, 0) is 76.2 Å². The first-order valence-corrected chi connectivity index (χ1v) is 13.5. The molecule has 5 aromatic carbocycles. The first-order chi connectivity index (χ1) is 18.4. The van der Waals surface area contributed by atoms with Gasteiger partial charge in [0.1, 0.15) is 0 Å².